The second-order valence-electron chi connectivity index (χ2n) is 7.19. The standard InChI is InChI=1S/C21H24FN3O4S/c1-14-4-6-17(30(28,29)23-3)13-18(14)21(27)25-10-8-24(9-11-25)20-7-5-16(15(2)26)12-19(20)22/h4-7,12-13,23H,8-11H2,1-3H3. The van der Waals surface area contributed by atoms with Gasteiger partial charge in [0.15, 0.2) is 5.78 Å². The first-order valence-electron chi connectivity index (χ1n) is 9.53. The number of Topliss-reactive ketones (excluding diaryl/α,β-unsaturated/α-hetero) is 1. The van der Waals surface area contributed by atoms with E-state index in [0.29, 0.717) is 48.6 Å². The van der Waals surface area contributed by atoms with E-state index in [4.69, 9.17) is 0 Å². The Morgan fingerprint density at radius 2 is 1.70 bits per heavy atom. The van der Waals surface area contributed by atoms with Crippen LogP contribution in [-0.2, 0) is 10.0 Å². The highest BCUT2D eigenvalue weighted by Gasteiger charge is 2.26. The number of anilines is 1. The number of hydrogen-bond donors (Lipinski definition) is 1. The number of benzene rings is 2. The zero-order valence-corrected chi connectivity index (χ0v) is 17.9. The molecule has 1 aliphatic heterocycles. The number of sulfonamides is 1. The van der Waals surface area contributed by atoms with Crippen molar-refractivity contribution in [3.05, 3.63) is 58.9 Å². The molecule has 0 aromatic heterocycles. The number of amides is 1. The van der Waals surface area contributed by atoms with Crippen molar-refractivity contribution in [3.63, 3.8) is 0 Å². The molecule has 0 aliphatic carbocycles. The Hall–Kier alpha value is -2.78. The Morgan fingerprint density at radius 1 is 1.03 bits per heavy atom. The number of halogens is 1. The number of carbonyl (C=O) groups is 2. The van der Waals surface area contributed by atoms with Crippen LogP contribution in [0.3, 0.4) is 0 Å². The Kier molecular flexibility index (Phi) is 6.23. The van der Waals surface area contributed by atoms with Gasteiger partial charge in [0.1, 0.15) is 5.82 Å². The molecule has 1 saturated heterocycles. The average Bonchev–Trinajstić information content (AvgIpc) is 2.73. The number of ketones is 1. The summed E-state index contributed by atoms with van der Waals surface area (Å²) < 4.78 is 40.8. The fourth-order valence-corrected chi connectivity index (χ4v) is 4.18. The Morgan fingerprint density at radius 3 is 2.27 bits per heavy atom. The maximum Gasteiger partial charge on any atom is 0.254 e. The van der Waals surface area contributed by atoms with Gasteiger partial charge >= 0.3 is 0 Å². The number of rotatable bonds is 5. The van der Waals surface area contributed by atoms with Gasteiger partial charge in [-0.25, -0.2) is 17.5 Å². The molecule has 0 bridgehead atoms. The molecule has 0 saturated carbocycles. The maximum absolute atomic E-state index is 14.4. The highest BCUT2D eigenvalue weighted by atomic mass is 32.2. The van der Waals surface area contributed by atoms with Crippen molar-refractivity contribution in [3.8, 4) is 0 Å². The smallest absolute Gasteiger partial charge is 0.254 e. The topological polar surface area (TPSA) is 86.8 Å². The molecule has 2 aromatic carbocycles. The van der Waals surface area contributed by atoms with Gasteiger partial charge in [-0.15, -0.1) is 0 Å². The number of piperazine rings is 1. The van der Waals surface area contributed by atoms with Crippen LogP contribution in [0.1, 0.15) is 33.2 Å². The molecule has 9 heteroatoms. The summed E-state index contributed by atoms with van der Waals surface area (Å²) in [7, 11) is -2.34. The number of hydrogen-bond acceptors (Lipinski definition) is 5. The summed E-state index contributed by atoms with van der Waals surface area (Å²) in [5, 5.41) is 0. The Balaban J connectivity index is 1.75. The van der Waals surface area contributed by atoms with E-state index in [0.717, 1.165) is 0 Å². The fraction of sp³-hybridized carbons (Fsp3) is 0.333. The molecular weight excluding hydrogens is 409 g/mol. The van der Waals surface area contributed by atoms with E-state index >= 15 is 0 Å². The van der Waals surface area contributed by atoms with Gasteiger partial charge in [0.2, 0.25) is 10.0 Å². The molecule has 30 heavy (non-hydrogen) atoms. The van der Waals surface area contributed by atoms with Gasteiger partial charge in [0.25, 0.3) is 5.91 Å². The van der Waals surface area contributed by atoms with Gasteiger partial charge in [-0.3, -0.25) is 9.59 Å². The third-order valence-corrected chi connectivity index (χ3v) is 6.69. The second-order valence-corrected chi connectivity index (χ2v) is 9.07. The van der Waals surface area contributed by atoms with Crippen LogP contribution < -0.4 is 9.62 Å². The lowest BCUT2D eigenvalue weighted by molar-refractivity contribution is 0.0745. The van der Waals surface area contributed by atoms with Gasteiger partial charge in [0, 0.05) is 37.3 Å². The molecule has 0 unspecified atom stereocenters. The lowest BCUT2D eigenvalue weighted by Gasteiger charge is -2.36. The fourth-order valence-electron chi connectivity index (χ4n) is 3.42. The summed E-state index contributed by atoms with van der Waals surface area (Å²) in [6.45, 7) is 4.73. The van der Waals surface area contributed by atoms with E-state index in [1.165, 1.54) is 32.2 Å². The molecule has 0 radical (unpaired) electrons. The third-order valence-electron chi connectivity index (χ3n) is 5.28. The van der Waals surface area contributed by atoms with Crippen LogP contribution in [-0.4, -0.2) is 58.2 Å². The van der Waals surface area contributed by atoms with Crippen LogP contribution in [0.25, 0.3) is 0 Å². The zero-order valence-electron chi connectivity index (χ0n) is 17.1. The van der Waals surface area contributed by atoms with Gasteiger partial charge < -0.3 is 9.80 Å². The van der Waals surface area contributed by atoms with E-state index in [-0.39, 0.29) is 16.6 Å². The van der Waals surface area contributed by atoms with Crippen LogP contribution in [0.4, 0.5) is 10.1 Å². The van der Waals surface area contributed by atoms with Crippen molar-refractivity contribution in [1.29, 1.82) is 0 Å². The summed E-state index contributed by atoms with van der Waals surface area (Å²) in [5.74, 6) is -0.926. The van der Waals surface area contributed by atoms with Gasteiger partial charge in [0.05, 0.1) is 10.6 Å². The van der Waals surface area contributed by atoms with Crippen molar-refractivity contribution >= 4 is 27.4 Å². The highest BCUT2D eigenvalue weighted by molar-refractivity contribution is 7.89. The van der Waals surface area contributed by atoms with Gasteiger partial charge in [-0.1, -0.05) is 6.07 Å². The minimum Gasteiger partial charge on any atom is -0.366 e. The number of nitrogens with zero attached hydrogens (tertiary/aromatic N) is 2. The van der Waals surface area contributed by atoms with Crippen LogP contribution in [0.5, 0.6) is 0 Å². The maximum atomic E-state index is 14.4. The van der Waals surface area contributed by atoms with Gasteiger partial charge in [-0.2, -0.15) is 0 Å². The van der Waals surface area contributed by atoms with Crippen molar-refractivity contribution in [2.45, 2.75) is 18.7 Å². The van der Waals surface area contributed by atoms with Crippen molar-refractivity contribution < 1.29 is 22.4 Å². The van der Waals surface area contributed by atoms with Gasteiger partial charge in [-0.05, 0) is 56.8 Å². The Labute approximate surface area is 175 Å². The normalized spacial score (nSPS) is 14.7. The molecule has 1 fully saturated rings. The monoisotopic (exact) mass is 433 g/mol. The van der Waals surface area contributed by atoms with Crippen molar-refractivity contribution in [2.24, 2.45) is 0 Å². The molecule has 3 rings (SSSR count). The predicted octanol–water partition coefficient (Wildman–Crippen LogP) is 2.21. The SMILES string of the molecule is CNS(=O)(=O)c1ccc(C)c(C(=O)N2CCN(c3ccc(C(C)=O)cc3F)CC2)c1. The first-order chi connectivity index (χ1) is 14.1. The molecule has 0 spiro atoms. The third kappa shape index (κ3) is 4.36. The molecule has 0 atom stereocenters. The largest absolute Gasteiger partial charge is 0.366 e. The molecule has 1 N–H and O–H groups in total. The van der Waals surface area contributed by atoms with E-state index in [2.05, 4.69) is 4.72 Å². The quantitative estimate of drug-likeness (QED) is 0.731. The van der Waals surface area contributed by atoms with Crippen molar-refractivity contribution in [1.82, 2.24) is 9.62 Å². The Bertz CT molecular complexity index is 1090. The highest BCUT2D eigenvalue weighted by Crippen LogP contribution is 2.24. The second kappa shape index (κ2) is 8.53. The molecule has 2 aromatic rings. The average molecular weight is 434 g/mol. The predicted molar refractivity (Wildman–Crippen MR) is 112 cm³/mol. The summed E-state index contributed by atoms with van der Waals surface area (Å²) >= 11 is 0. The summed E-state index contributed by atoms with van der Waals surface area (Å²) in [4.78, 5) is 27.9. The molecule has 7 nitrogen and oxygen atoms in total. The molecule has 1 heterocycles. The lowest BCUT2D eigenvalue weighted by Crippen LogP contribution is -2.49. The summed E-state index contributed by atoms with van der Waals surface area (Å²) in [5.41, 5.74) is 1.72. The molecule has 160 valence electrons. The van der Waals surface area contributed by atoms with Crippen LogP contribution in [0, 0.1) is 12.7 Å². The van der Waals surface area contributed by atoms with Crippen LogP contribution in [0.15, 0.2) is 41.3 Å². The molecule has 1 aliphatic rings. The first-order valence-corrected chi connectivity index (χ1v) is 11.0. The van der Waals surface area contributed by atoms with E-state index in [9.17, 15) is 22.4 Å². The van der Waals surface area contributed by atoms with E-state index in [1.807, 2.05) is 4.90 Å². The molecule has 1 amide bonds. The summed E-state index contributed by atoms with van der Waals surface area (Å²) in [6, 6.07) is 8.86. The van der Waals surface area contributed by atoms with E-state index < -0.39 is 15.8 Å². The number of aryl methyl sites for hydroxylation is 1. The number of nitrogens with one attached hydrogen (secondary N) is 1. The van der Waals surface area contributed by atoms with Crippen LogP contribution in [0.2, 0.25) is 0 Å². The zero-order chi connectivity index (χ0) is 22.1. The summed E-state index contributed by atoms with van der Waals surface area (Å²) in [6.07, 6.45) is 0. The first kappa shape index (κ1) is 21.9. The lowest BCUT2D eigenvalue weighted by atomic mass is 10.1. The van der Waals surface area contributed by atoms with Crippen LogP contribution >= 0.6 is 0 Å². The minimum atomic E-state index is -3.66. The van der Waals surface area contributed by atoms with Crippen molar-refractivity contribution in [2.75, 3.05) is 38.1 Å². The molecular formula is C21H24FN3O4S. The number of carbonyl (C=O) groups excluding carboxylic acids is 2. The van der Waals surface area contributed by atoms with E-state index in [1.54, 1.807) is 30.0 Å². The minimum absolute atomic E-state index is 0.0326.